The fourth-order valence-electron chi connectivity index (χ4n) is 2.57. The van der Waals surface area contributed by atoms with E-state index in [1.54, 1.807) is 0 Å². The van der Waals surface area contributed by atoms with E-state index >= 15 is 0 Å². The van der Waals surface area contributed by atoms with Crippen LogP contribution in [0.25, 0.3) is 0 Å². The summed E-state index contributed by atoms with van der Waals surface area (Å²) in [5, 5.41) is 0. The van der Waals surface area contributed by atoms with E-state index in [0.717, 1.165) is 23.4 Å². The standard InChI is InChI=1S/C15H22N2O/c1-5-17-13-7-6-11(14(16)9(2)3)8-12(13)10(4)15(17)18/h6-10,14H,5,16H2,1-4H3. The number of likely N-dealkylation sites (N-methyl/N-ethyl adjacent to an activating group) is 1. The SMILES string of the molecule is CCN1C(=O)C(C)c2cc(C(N)C(C)C)ccc21. The summed E-state index contributed by atoms with van der Waals surface area (Å²) in [6.07, 6.45) is 0. The second-order valence-corrected chi connectivity index (χ2v) is 5.39. The van der Waals surface area contributed by atoms with E-state index in [0.29, 0.717) is 5.92 Å². The van der Waals surface area contributed by atoms with Gasteiger partial charge in [0.2, 0.25) is 5.91 Å². The molecule has 1 aromatic rings. The molecule has 1 amide bonds. The lowest BCUT2D eigenvalue weighted by Gasteiger charge is -2.18. The van der Waals surface area contributed by atoms with Gasteiger partial charge < -0.3 is 10.6 Å². The number of carbonyl (C=O) groups excluding carboxylic acids is 1. The number of nitrogens with two attached hydrogens (primary N) is 1. The molecule has 2 unspecified atom stereocenters. The Bertz CT molecular complexity index is 468. The molecule has 1 aliphatic rings. The van der Waals surface area contributed by atoms with Crippen molar-refractivity contribution in [2.24, 2.45) is 11.7 Å². The van der Waals surface area contributed by atoms with Crippen LogP contribution in [0.3, 0.4) is 0 Å². The molecule has 0 aromatic heterocycles. The first kappa shape index (κ1) is 13.1. The Balaban J connectivity index is 2.43. The van der Waals surface area contributed by atoms with E-state index in [9.17, 15) is 4.79 Å². The fraction of sp³-hybridized carbons (Fsp3) is 0.533. The van der Waals surface area contributed by atoms with Gasteiger partial charge in [-0.3, -0.25) is 4.79 Å². The Morgan fingerprint density at radius 1 is 1.39 bits per heavy atom. The molecular formula is C15H22N2O. The van der Waals surface area contributed by atoms with E-state index in [1.807, 2.05) is 24.8 Å². The smallest absolute Gasteiger partial charge is 0.234 e. The van der Waals surface area contributed by atoms with Crippen LogP contribution in [-0.2, 0) is 4.79 Å². The van der Waals surface area contributed by atoms with Crippen LogP contribution in [0.5, 0.6) is 0 Å². The van der Waals surface area contributed by atoms with E-state index in [1.165, 1.54) is 0 Å². The van der Waals surface area contributed by atoms with Gasteiger partial charge in [0.05, 0.1) is 5.92 Å². The molecule has 3 nitrogen and oxygen atoms in total. The Kier molecular flexibility index (Phi) is 3.44. The van der Waals surface area contributed by atoms with E-state index < -0.39 is 0 Å². The van der Waals surface area contributed by atoms with Crippen LogP contribution in [0.1, 0.15) is 50.8 Å². The molecule has 1 aromatic carbocycles. The predicted octanol–water partition coefficient (Wildman–Crippen LogP) is 2.81. The first-order valence-corrected chi connectivity index (χ1v) is 6.68. The quantitative estimate of drug-likeness (QED) is 0.891. The van der Waals surface area contributed by atoms with Crippen molar-refractivity contribution in [2.75, 3.05) is 11.4 Å². The minimum absolute atomic E-state index is 0.0354. The monoisotopic (exact) mass is 246 g/mol. The number of hydrogen-bond donors (Lipinski definition) is 1. The number of amides is 1. The molecule has 0 saturated carbocycles. The lowest BCUT2D eigenvalue weighted by molar-refractivity contribution is -0.118. The van der Waals surface area contributed by atoms with E-state index in [4.69, 9.17) is 5.73 Å². The molecule has 0 spiro atoms. The van der Waals surface area contributed by atoms with Gasteiger partial charge in [-0.1, -0.05) is 26.0 Å². The van der Waals surface area contributed by atoms with Crippen molar-refractivity contribution in [1.29, 1.82) is 0 Å². The molecule has 2 atom stereocenters. The first-order chi connectivity index (χ1) is 8.47. The van der Waals surface area contributed by atoms with Gasteiger partial charge in [-0.05, 0) is 37.0 Å². The third-order valence-corrected chi connectivity index (χ3v) is 3.86. The van der Waals surface area contributed by atoms with Gasteiger partial charge in [0.25, 0.3) is 0 Å². The summed E-state index contributed by atoms with van der Waals surface area (Å²) in [5.41, 5.74) is 9.48. The van der Waals surface area contributed by atoms with Gasteiger partial charge in [0.1, 0.15) is 0 Å². The maximum absolute atomic E-state index is 12.1. The van der Waals surface area contributed by atoms with Crippen LogP contribution < -0.4 is 10.6 Å². The van der Waals surface area contributed by atoms with Crippen molar-refractivity contribution in [1.82, 2.24) is 0 Å². The van der Waals surface area contributed by atoms with E-state index in [-0.39, 0.29) is 17.9 Å². The van der Waals surface area contributed by atoms with Crippen molar-refractivity contribution < 1.29 is 4.79 Å². The number of benzene rings is 1. The van der Waals surface area contributed by atoms with Crippen LogP contribution in [0.4, 0.5) is 5.69 Å². The van der Waals surface area contributed by atoms with Crippen molar-refractivity contribution >= 4 is 11.6 Å². The molecule has 1 heterocycles. The minimum atomic E-state index is -0.0423. The summed E-state index contributed by atoms with van der Waals surface area (Å²) in [6, 6.07) is 6.24. The molecule has 2 N–H and O–H groups in total. The number of fused-ring (bicyclic) bond motifs is 1. The Labute approximate surface area is 109 Å². The van der Waals surface area contributed by atoms with Crippen LogP contribution >= 0.6 is 0 Å². The summed E-state index contributed by atoms with van der Waals surface area (Å²) in [4.78, 5) is 14.0. The van der Waals surface area contributed by atoms with Crippen LogP contribution in [-0.4, -0.2) is 12.5 Å². The summed E-state index contributed by atoms with van der Waals surface area (Å²) >= 11 is 0. The molecule has 1 aliphatic heterocycles. The van der Waals surface area contributed by atoms with Gasteiger partial charge in [-0.15, -0.1) is 0 Å². The number of carbonyl (C=O) groups is 1. The molecular weight excluding hydrogens is 224 g/mol. The maximum Gasteiger partial charge on any atom is 0.234 e. The molecule has 2 rings (SSSR count). The number of anilines is 1. The average Bonchev–Trinajstić information content (AvgIpc) is 2.60. The Morgan fingerprint density at radius 2 is 2.06 bits per heavy atom. The third kappa shape index (κ3) is 1.93. The van der Waals surface area contributed by atoms with Crippen LogP contribution in [0.15, 0.2) is 18.2 Å². The summed E-state index contributed by atoms with van der Waals surface area (Å²) in [7, 11) is 0. The number of hydrogen-bond acceptors (Lipinski definition) is 2. The molecule has 0 fully saturated rings. The summed E-state index contributed by atoms with van der Waals surface area (Å²) in [6.45, 7) is 8.94. The molecule has 18 heavy (non-hydrogen) atoms. The number of rotatable bonds is 3. The van der Waals surface area contributed by atoms with Gasteiger partial charge >= 0.3 is 0 Å². The lowest BCUT2D eigenvalue weighted by Crippen LogP contribution is -2.27. The maximum atomic E-state index is 12.1. The van der Waals surface area contributed by atoms with Gasteiger partial charge in [-0.25, -0.2) is 0 Å². The van der Waals surface area contributed by atoms with Crippen molar-refractivity contribution in [3.63, 3.8) is 0 Å². The fourth-order valence-corrected chi connectivity index (χ4v) is 2.57. The molecule has 0 bridgehead atoms. The zero-order valence-corrected chi connectivity index (χ0v) is 11.6. The minimum Gasteiger partial charge on any atom is -0.324 e. The highest BCUT2D eigenvalue weighted by molar-refractivity contribution is 6.04. The van der Waals surface area contributed by atoms with E-state index in [2.05, 4.69) is 26.0 Å². The highest BCUT2D eigenvalue weighted by Crippen LogP contribution is 2.38. The second kappa shape index (κ2) is 4.73. The largest absolute Gasteiger partial charge is 0.324 e. The topological polar surface area (TPSA) is 46.3 Å². The summed E-state index contributed by atoms with van der Waals surface area (Å²) < 4.78 is 0. The van der Waals surface area contributed by atoms with Crippen molar-refractivity contribution in [3.8, 4) is 0 Å². The highest BCUT2D eigenvalue weighted by Gasteiger charge is 2.33. The van der Waals surface area contributed by atoms with Gasteiger partial charge in [0.15, 0.2) is 0 Å². The summed E-state index contributed by atoms with van der Waals surface area (Å²) in [5.74, 6) is 0.555. The molecule has 3 heteroatoms. The Morgan fingerprint density at radius 3 is 2.61 bits per heavy atom. The van der Waals surface area contributed by atoms with Crippen LogP contribution in [0.2, 0.25) is 0 Å². The number of nitrogens with zero attached hydrogens (tertiary/aromatic N) is 1. The Hall–Kier alpha value is -1.35. The van der Waals surface area contributed by atoms with Crippen molar-refractivity contribution in [2.45, 2.75) is 39.7 Å². The first-order valence-electron chi connectivity index (χ1n) is 6.68. The van der Waals surface area contributed by atoms with Gasteiger partial charge in [0, 0.05) is 18.3 Å². The van der Waals surface area contributed by atoms with Gasteiger partial charge in [-0.2, -0.15) is 0 Å². The van der Waals surface area contributed by atoms with Crippen LogP contribution in [0, 0.1) is 5.92 Å². The lowest BCUT2D eigenvalue weighted by atomic mass is 9.93. The average molecular weight is 246 g/mol. The van der Waals surface area contributed by atoms with Crippen molar-refractivity contribution in [3.05, 3.63) is 29.3 Å². The molecule has 0 saturated heterocycles. The molecule has 0 radical (unpaired) electrons. The zero-order chi connectivity index (χ0) is 13.4. The third-order valence-electron chi connectivity index (χ3n) is 3.86. The highest BCUT2D eigenvalue weighted by atomic mass is 16.2. The predicted molar refractivity (Wildman–Crippen MR) is 74.7 cm³/mol. The second-order valence-electron chi connectivity index (χ2n) is 5.39. The molecule has 0 aliphatic carbocycles. The zero-order valence-electron chi connectivity index (χ0n) is 11.6. The normalized spacial score (nSPS) is 20.4. The molecule has 98 valence electrons.